The fourth-order valence-corrected chi connectivity index (χ4v) is 2.42. The number of methoxy groups -OCH3 is 2. The Morgan fingerprint density at radius 2 is 1.91 bits per heavy atom. The third-order valence-corrected chi connectivity index (χ3v) is 3.46. The van der Waals surface area contributed by atoms with Crippen LogP contribution >= 0.6 is 0 Å². The quantitative estimate of drug-likeness (QED) is 0.448. The molecule has 0 fully saturated rings. The minimum absolute atomic E-state index is 0.599. The number of benzene rings is 2. The van der Waals surface area contributed by atoms with E-state index in [0.717, 1.165) is 16.7 Å². The average Bonchev–Trinajstić information content (AvgIpc) is 2.60. The van der Waals surface area contributed by atoms with Crippen molar-refractivity contribution in [3.63, 3.8) is 0 Å². The highest BCUT2D eigenvalue weighted by atomic mass is 16.5. The van der Waals surface area contributed by atoms with Crippen molar-refractivity contribution < 1.29 is 9.47 Å². The molecule has 3 nitrogen and oxygen atoms in total. The summed E-state index contributed by atoms with van der Waals surface area (Å²) in [5, 5.41) is 9.45. The van der Waals surface area contributed by atoms with Crippen molar-refractivity contribution >= 4 is 11.6 Å². The molecular formula is C20H19NO2. The minimum atomic E-state index is 0.599. The van der Waals surface area contributed by atoms with Crippen molar-refractivity contribution in [3.8, 4) is 17.6 Å². The summed E-state index contributed by atoms with van der Waals surface area (Å²) in [4.78, 5) is 0. The molecular weight excluding hydrogens is 286 g/mol. The van der Waals surface area contributed by atoms with Crippen molar-refractivity contribution in [1.29, 1.82) is 5.26 Å². The van der Waals surface area contributed by atoms with Crippen LogP contribution < -0.4 is 9.47 Å². The predicted molar refractivity (Wildman–Crippen MR) is 93.4 cm³/mol. The summed E-state index contributed by atoms with van der Waals surface area (Å²) in [7, 11) is 3.22. The van der Waals surface area contributed by atoms with Crippen LogP contribution in [0.4, 0.5) is 0 Å². The van der Waals surface area contributed by atoms with E-state index in [4.69, 9.17) is 9.47 Å². The van der Waals surface area contributed by atoms with Gasteiger partial charge in [-0.3, -0.25) is 0 Å². The number of hydrogen-bond acceptors (Lipinski definition) is 3. The molecule has 2 aromatic rings. The molecule has 0 aliphatic heterocycles. The van der Waals surface area contributed by atoms with Crippen LogP contribution in [0.15, 0.2) is 55.1 Å². The fraction of sp³-hybridized carbons (Fsp3) is 0.150. The van der Waals surface area contributed by atoms with Gasteiger partial charge in [0.2, 0.25) is 0 Å². The average molecular weight is 305 g/mol. The first-order chi connectivity index (χ1) is 11.2. The smallest absolute Gasteiger partial charge is 0.164 e. The lowest BCUT2D eigenvalue weighted by Crippen LogP contribution is -1.97. The van der Waals surface area contributed by atoms with Gasteiger partial charge in [-0.15, -0.1) is 6.58 Å². The molecule has 2 aromatic carbocycles. The highest BCUT2D eigenvalue weighted by Crippen LogP contribution is 2.34. The zero-order valence-electron chi connectivity index (χ0n) is 13.4. The minimum Gasteiger partial charge on any atom is -0.493 e. The lowest BCUT2D eigenvalue weighted by molar-refractivity contribution is 0.352. The second-order valence-electron chi connectivity index (χ2n) is 4.94. The van der Waals surface area contributed by atoms with Crippen molar-refractivity contribution in [1.82, 2.24) is 0 Å². The summed E-state index contributed by atoms with van der Waals surface area (Å²) < 4.78 is 10.8. The van der Waals surface area contributed by atoms with Crippen molar-refractivity contribution in [2.75, 3.05) is 14.2 Å². The number of hydrogen-bond donors (Lipinski definition) is 0. The molecule has 0 aliphatic rings. The second kappa shape index (κ2) is 7.86. The van der Waals surface area contributed by atoms with Gasteiger partial charge in [0.25, 0.3) is 0 Å². The second-order valence-corrected chi connectivity index (χ2v) is 4.94. The molecule has 0 N–H and O–H groups in total. The van der Waals surface area contributed by atoms with Gasteiger partial charge in [-0.2, -0.15) is 5.26 Å². The first kappa shape index (κ1) is 16.4. The Balaban J connectivity index is 2.54. The highest BCUT2D eigenvalue weighted by Gasteiger charge is 2.11. The lowest BCUT2D eigenvalue weighted by Gasteiger charge is -2.13. The van der Waals surface area contributed by atoms with Crippen LogP contribution in [0.2, 0.25) is 0 Å². The van der Waals surface area contributed by atoms with Crippen LogP contribution in [0, 0.1) is 11.3 Å². The molecule has 0 radical (unpaired) electrons. The molecule has 0 heterocycles. The first-order valence-electron chi connectivity index (χ1n) is 7.26. The van der Waals surface area contributed by atoms with Crippen LogP contribution in [-0.2, 0) is 6.42 Å². The third kappa shape index (κ3) is 3.81. The van der Waals surface area contributed by atoms with E-state index in [1.807, 2.05) is 54.6 Å². The van der Waals surface area contributed by atoms with Crippen molar-refractivity contribution in [2.45, 2.75) is 6.42 Å². The number of nitriles is 1. The summed E-state index contributed by atoms with van der Waals surface area (Å²) in [6, 6.07) is 15.7. The summed E-state index contributed by atoms with van der Waals surface area (Å²) in [5.74, 6) is 1.34. The van der Waals surface area contributed by atoms with Crippen molar-refractivity contribution in [2.24, 2.45) is 0 Å². The topological polar surface area (TPSA) is 42.2 Å². The van der Waals surface area contributed by atoms with E-state index in [9.17, 15) is 5.26 Å². The van der Waals surface area contributed by atoms with E-state index < -0.39 is 0 Å². The van der Waals surface area contributed by atoms with Gasteiger partial charge in [-0.05, 0) is 35.8 Å². The Morgan fingerprint density at radius 3 is 2.48 bits per heavy atom. The number of allylic oxidation sites excluding steroid dienone is 2. The fourth-order valence-electron chi connectivity index (χ4n) is 2.42. The molecule has 0 aliphatic carbocycles. The Morgan fingerprint density at radius 1 is 1.17 bits per heavy atom. The molecule has 0 atom stereocenters. The summed E-state index contributed by atoms with van der Waals surface area (Å²) >= 11 is 0. The van der Waals surface area contributed by atoms with Gasteiger partial charge in [0.1, 0.15) is 0 Å². The SMILES string of the molecule is C=CCc1cc(/C=C(\C#N)c2ccccc2)cc(OC)c1OC. The molecule has 116 valence electrons. The van der Waals surface area contributed by atoms with Gasteiger partial charge in [-0.1, -0.05) is 36.4 Å². The zero-order valence-corrected chi connectivity index (χ0v) is 13.4. The molecule has 2 rings (SSSR count). The van der Waals surface area contributed by atoms with Crippen LogP contribution in [0.25, 0.3) is 11.6 Å². The van der Waals surface area contributed by atoms with Crippen LogP contribution in [-0.4, -0.2) is 14.2 Å². The van der Waals surface area contributed by atoms with Crippen LogP contribution in [0.5, 0.6) is 11.5 Å². The number of ether oxygens (including phenoxy) is 2. The van der Waals surface area contributed by atoms with E-state index >= 15 is 0 Å². The maximum Gasteiger partial charge on any atom is 0.164 e. The number of rotatable bonds is 6. The summed E-state index contributed by atoms with van der Waals surface area (Å²) in [6.07, 6.45) is 4.32. The molecule has 0 bridgehead atoms. The standard InChI is InChI=1S/C20H19NO2/c1-4-8-17-11-15(13-19(22-2)20(17)23-3)12-18(14-21)16-9-6-5-7-10-16/h4-7,9-13H,1,8H2,2-3H3/b18-12+. The molecule has 0 saturated heterocycles. The largest absolute Gasteiger partial charge is 0.493 e. The predicted octanol–water partition coefficient (Wildman–Crippen LogP) is 4.50. The van der Waals surface area contributed by atoms with E-state index in [1.54, 1.807) is 14.2 Å². The van der Waals surface area contributed by atoms with Gasteiger partial charge < -0.3 is 9.47 Å². The molecule has 0 unspecified atom stereocenters. The van der Waals surface area contributed by atoms with Crippen LogP contribution in [0.1, 0.15) is 16.7 Å². The van der Waals surface area contributed by atoms with Gasteiger partial charge in [-0.25, -0.2) is 0 Å². The van der Waals surface area contributed by atoms with Crippen molar-refractivity contribution in [3.05, 3.63) is 71.8 Å². The first-order valence-corrected chi connectivity index (χ1v) is 7.26. The van der Waals surface area contributed by atoms with Crippen LogP contribution in [0.3, 0.4) is 0 Å². The molecule has 0 spiro atoms. The molecule has 0 aromatic heterocycles. The summed E-state index contributed by atoms with van der Waals surface area (Å²) in [5.41, 5.74) is 3.34. The Labute approximate surface area is 137 Å². The maximum atomic E-state index is 9.45. The molecule has 0 saturated carbocycles. The zero-order chi connectivity index (χ0) is 16.7. The van der Waals surface area contributed by atoms with Gasteiger partial charge >= 0.3 is 0 Å². The van der Waals surface area contributed by atoms with E-state index in [-0.39, 0.29) is 0 Å². The Bertz CT molecular complexity index is 755. The highest BCUT2D eigenvalue weighted by molar-refractivity contribution is 5.90. The monoisotopic (exact) mass is 305 g/mol. The number of nitrogens with zero attached hydrogens (tertiary/aromatic N) is 1. The van der Waals surface area contributed by atoms with Gasteiger partial charge in [0.15, 0.2) is 11.5 Å². The van der Waals surface area contributed by atoms with E-state index in [2.05, 4.69) is 12.6 Å². The lowest BCUT2D eigenvalue weighted by atomic mass is 10.0. The third-order valence-electron chi connectivity index (χ3n) is 3.46. The Hall–Kier alpha value is -2.99. The molecule has 3 heteroatoms. The summed E-state index contributed by atoms with van der Waals surface area (Å²) in [6.45, 7) is 3.78. The van der Waals surface area contributed by atoms with E-state index in [1.165, 1.54) is 0 Å². The molecule has 23 heavy (non-hydrogen) atoms. The van der Waals surface area contributed by atoms with Gasteiger partial charge in [0, 0.05) is 5.56 Å². The maximum absolute atomic E-state index is 9.45. The normalized spacial score (nSPS) is 10.7. The van der Waals surface area contributed by atoms with Gasteiger partial charge in [0.05, 0.1) is 25.9 Å². The molecule has 0 amide bonds. The Kier molecular flexibility index (Phi) is 5.60. The van der Waals surface area contributed by atoms with E-state index in [0.29, 0.717) is 23.5 Å².